The molecule has 5 N–H and O–H groups in total. The molecule has 1 amide bonds. The minimum absolute atomic E-state index is 0.193. The van der Waals surface area contributed by atoms with E-state index >= 15 is 0 Å². The first-order chi connectivity index (χ1) is 14.6. The highest BCUT2D eigenvalue weighted by molar-refractivity contribution is 6.30. The lowest BCUT2D eigenvalue weighted by Gasteiger charge is -2.09. The largest absolute Gasteiger partial charge is 0.384 e. The van der Waals surface area contributed by atoms with Gasteiger partial charge in [-0.3, -0.25) is 9.89 Å². The van der Waals surface area contributed by atoms with Gasteiger partial charge in [0.15, 0.2) is 0 Å². The fourth-order valence-corrected chi connectivity index (χ4v) is 3.67. The normalized spacial score (nSPS) is 11.2. The van der Waals surface area contributed by atoms with Gasteiger partial charge in [0.05, 0.1) is 29.0 Å². The summed E-state index contributed by atoms with van der Waals surface area (Å²) in [5, 5.41) is 12.5. The monoisotopic (exact) mass is 416 g/mol. The fourth-order valence-electron chi connectivity index (χ4n) is 3.55. The highest BCUT2D eigenvalue weighted by atomic mass is 35.5. The van der Waals surface area contributed by atoms with Gasteiger partial charge in [0.1, 0.15) is 5.82 Å². The minimum Gasteiger partial charge on any atom is -0.384 e. The van der Waals surface area contributed by atoms with Crippen LogP contribution in [0, 0.1) is 0 Å². The molecule has 0 aliphatic heterocycles. The van der Waals surface area contributed by atoms with Crippen molar-refractivity contribution in [3.05, 3.63) is 77.2 Å². The third-order valence-corrected chi connectivity index (χ3v) is 5.31. The van der Waals surface area contributed by atoms with Crippen LogP contribution in [0.2, 0.25) is 5.02 Å². The topological polar surface area (TPSA) is 112 Å². The maximum absolute atomic E-state index is 13.0. The summed E-state index contributed by atoms with van der Waals surface area (Å²) in [6.07, 6.45) is 5.30. The summed E-state index contributed by atoms with van der Waals surface area (Å²) in [4.78, 5) is 20.3. The van der Waals surface area contributed by atoms with Crippen LogP contribution >= 0.6 is 11.6 Å². The minimum atomic E-state index is -0.193. The first kappa shape index (κ1) is 18.2. The zero-order chi connectivity index (χ0) is 20.7. The molecule has 0 bridgehead atoms. The van der Waals surface area contributed by atoms with Crippen molar-refractivity contribution >= 4 is 45.1 Å². The molecular weight excluding hydrogens is 400 g/mol. The number of nitrogens with one attached hydrogen (secondary N) is 3. The van der Waals surface area contributed by atoms with E-state index in [2.05, 4.69) is 25.5 Å². The number of fused-ring (bicyclic) bond motifs is 2. The Morgan fingerprint density at radius 3 is 2.80 bits per heavy atom. The Kier molecular flexibility index (Phi) is 4.37. The number of aromatic amines is 2. The Morgan fingerprint density at radius 2 is 1.97 bits per heavy atom. The van der Waals surface area contributed by atoms with E-state index in [1.807, 2.05) is 36.5 Å². The fraction of sp³-hybridized carbons (Fsp3) is 0.0455. The molecule has 0 aliphatic carbocycles. The molecule has 0 atom stereocenters. The van der Waals surface area contributed by atoms with E-state index in [1.54, 1.807) is 24.5 Å². The van der Waals surface area contributed by atoms with Gasteiger partial charge in [0.2, 0.25) is 0 Å². The van der Waals surface area contributed by atoms with E-state index < -0.39 is 0 Å². The van der Waals surface area contributed by atoms with Crippen LogP contribution in [0.5, 0.6) is 0 Å². The average molecular weight is 417 g/mol. The van der Waals surface area contributed by atoms with Crippen molar-refractivity contribution in [2.75, 3.05) is 5.73 Å². The Morgan fingerprint density at radius 1 is 1.13 bits per heavy atom. The third kappa shape index (κ3) is 3.25. The van der Waals surface area contributed by atoms with Crippen molar-refractivity contribution in [2.45, 2.75) is 6.54 Å². The molecule has 7 nitrogen and oxygen atoms in total. The molecule has 0 spiro atoms. The number of carbonyl (C=O) groups is 1. The van der Waals surface area contributed by atoms with Crippen LogP contribution in [0.15, 0.2) is 61.1 Å². The van der Waals surface area contributed by atoms with Crippen LogP contribution in [-0.4, -0.2) is 26.1 Å². The van der Waals surface area contributed by atoms with Crippen LogP contribution in [-0.2, 0) is 6.54 Å². The van der Waals surface area contributed by atoms with Gasteiger partial charge in [0.25, 0.3) is 5.91 Å². The molecular formula is C22H17ClN6O. The summed E-state index contributed by atoms with van der Waals surface area (Å²) in [5.41, 5.74) is 10.7. The number of carbonyl (C=O) groups excluding carboxylic acids is 1. The smallest absolute Gasteiger partial charge is 0.253 e. The molecule has 0 aliphatic rings. The molecule has 0 unspecified atom stereocenters. The number of H-pyrrole nitrogens is 2. The van der Waals surface area contributed by atoms with Gasteiger partial charge in [-0.25, -0.2) is 4.98 Å². The molecule has 3 heterocycles. The summed E-state index contributed by atoms with van der Waals surface area (Å²) >= 11 is 5.93. The number of nitrogens with zero attached hydrogens (tertiary/aromatic N) is 2. The van der Waals surface area contributed by atoms with E-state index in [-0.39, 0.29) is 5.91 Å². The number of pyridine rings is 1. The van der Waals surface area contributed by atoms with Gasteiger partial charge in [-0.1, -0.05) is 23.7 Å². The number of rotatable bonds is 4. The van der Waals surface area contributed by atoms with E-state index in [0.29, 0.717) is 28.5 Å². The summed E-state index contributed by atoms with van der Waals surface area (Å²) in [6.45, 7) is 0.394. The Balaban J connectivity index is 1.53. The lowest BCUT2D eigenvalue weighted by atomic mass is 10.00. The predicted molar refractivity (Wildman–Crippen MR) is 118 cm³/mol. The van der Waals surface area contributed by atoms with E-state index in [9.17, 15) is 4.79 Å². The molecule has 3 aromatic heterocycles. The number of hydrogen-bond donors (Lipinski definition) is 4. The second-order valence-corrected chi connectivity index (χ2v) is 7.46. The number of nitrogens with two attached hydrogens (primary N) is 1. The summed E-state index contributed by atoms with van der Waals surface area (Å²) < 4.78 is 0. The van der Waals surface area contributed by atoms with Crippen molar-refractivity contribution in [1.82, 2.24) is 25.5 Å². The quantitative estimate of drug-likeness (QED) is 0.350. The molecule has 8 heteroatoms. The molecule has 148 valence electrons. The third-order valence-electron chi connectivity index (χ3n) is 5.06. The van der Waals surface area contributed by atoms with Crippen LogP contribution in [0.1, 0.15) is 15.9 Å². The van der Waals surface area contributed by atoms with E-state index in [4.69, 9.17) is 17.3 Å². The van der Waals surface area contributed by atoms with Crippen LogP contribution in [0.4, 0.5) is 5.82 Å². The van der Waals surface area contributed by atoms with Gasteiger partial charge in [-0.2, -0.15) is 5.10 Å². The summed E-state index contributed by atoms with van der Waals surface area (Å²) in [7, 11) is 0. The van der Waals surface area contributed by atoms with E-state index in [0.717, 1.165) is 33.0 Å². The lowest BCUT2D eigenvalue weighted by molar-refractivity contribution is 0.0952. The van der Waals surface area contributed by atoms with Gasteiger partial charge in [-0.15, -0.1) is 0 Å². The molecule has 0 saturated heterocycles. The van der Waals surface area contributed by atoms with Crippen LogP contribution in [0.3, 0.4) is 0 Å². The summed E-state index contributed by atoms with van der Waals surface area (Å²) in [5.74, 6) is 0.246. The number of anilines is 1. The second-order valence-electron chi connectivity index (χ2n) is 7.02. The maximum Gasteiger partial charge on any atom is 0.253 e. The molecule has 0 saturated carbocycles. The average Bonchev–Trinajstić information content (AvgIpc) is 3.38. The van der Waals surface area contributed by atoms with Gasteiger partial charge < -0.3 is 16.0 Å². The molecule has 30 heavy (non-hydrogen) atoms. The lowest BCUT2D eigenvalue weighted by Crippen LogP contribution is -2.23. The number of halogens is 1. The number of benzene rings is 2. The molecule has 5 aromatic rings. The first-order valence-corrected chi connectivity index (χ1v) is 9.69. The van der Waals surface area contributed by atoms with Crippen LogP contribution in [0.25, 0.3) is 32.9 Å². The Bertz CT molecular complexity index is 1390. The van der Waals surface area contributed by atoms with Gasteiger partial charge in [0, 0.05) is 34.1 Å². The van der Waals surface area contributed by atoms with E-state index in [1.165, 1.54) is 0 Å². The Labute approximate surface area is 176 Å². The van der Waals surface area contributed by atoms with Crippen molar-refractivity contribution in [3.8, 4) is 11.1 Å². The van der Waals surface area contributed by atoms with Crippen LogP contribution < -0.4 is 11.1 Å². The highest BCUT2D eigenvalue weighted by Gasteiger charge is 2.16. The van der Waals surface area contributed by atoms with Crippen molar-refractivity contribution in [2.24, 2.45) is 0 Å². The van der Waals surface area contributed by atoms with Crippen molar-refractivity contribution in [3.63, 3.8) is 0 Å². The highest BCUT2D eigenvalue weighted by Crippen LogP contribution is 2.32. The molecule has 2 aromatic carbocycles. The molecule has 0 radical (unpaired) electrons. The summed E-state index contributed by atoms with van der Waals surface area (Å²) in [6, 6.07) is 13.0. The van der Waals surface area contributed by atoms with Gasteiger partial charge in [-0.05, 0) is 41.5 Å². The standard InChI is InChI=1S/C22H17ClN6O/c23-15-3-1-12(2-4-15)8-27-22(30)17-6-13(5-14-9-28-29-21(14)17)18-10-25-19-11-26-20(24)7-16(18)19/h1-7,9-11,25H,8H2,(H2,24,26)(H,27,30)(H,28,29). The maximum atomic E-state index is 13.0. The Hall–Kier alpha value is -3.84. The van der Waals surface area contributed by atoms with Crippen molar-refractivity contribution < 1.29 is 4.79 Å². The molecule has 0 fully saturated rings. The SMILES string of the molecule is Nc1cc2c(-c3cc(C(=O)NCc4ccc(Cl)cc4)c4[nH]ncc4c3)c[nH]c2cn1. The number of nitrogen functional groups attached to an aromatic ring is 1. The first-order valence-electron chi connectivity index (χ1n) is 9.31. The number of hydrogen-bond acceptors (Lipinski definition) is 4. The zero-order valence-electron chi connectivity index (χ0n) is 15.7. The zero-order valence-corrected chi connectivity index (χ0v) is 16.5. The van der Waals surface area contributed by atoms with Crippen molar-refractivity contribution in [1.29, 1.82) is 0 Å². The number of aromatic nitrogens is 4. The molecule has 5 rings (SSSR count). The second kappa shape index (κ2) is 7.20. The predicted octanol–water partition coefficient (Wildman–Crippen LogP) is 4.27. The van der Waals surface area contributed by atoms with Gasteiger partial charge >= 0.3 is 0 Å². The number of amides is 1.